The second kappa shape index (κ2) is 5.34. The highest BCUT2D eigenvalue weighted by atomic mass is 32.2. The maximum absolute atomic E-state index is 11.9. The summed E-state index contributed by atoms with van der Waals surface area (Å²) in [5, 5.41) is 14.7. The van der Waals surface area contributed by atoms with Crippen molar-refractivity contribution >= 4 is 16.0 Å². The van der Waals surface area contributed by atoms with Crippen LogP contribution in [-0.2, 0) is 23.5 Å². The minimum atomic E-state index is -4.17. The van der Waals surface area contributed by atoms with E-state index in [9.17, 15) is 18.3 Å². The third-order valence-corrected chi connectivity index (χ3v) is 4.32. The predicted octanol–water partition coefficient (Wildman–Crippen LogP) is 1.60. The van der Waals surface area contributed by atoms with E-state index in [2.05, 4.69) is 0 Å². The van der Waals surface area contributed by atoms with Crippen molar-refractivity contribution in [2.75, 3.05) is 0 Å². The first-order valence-corrected chi connectivity index (χ1v) is 7.86. The standard InChI is InChI=1S/C14H16N2O4S/c1-3-10-11(14(17)18)13(21(15,19)20)12(16(10)2)9-7-5-4-6-8-9/h4-8H,3H2,1-2H3,(H,17,18)(H2,15,19,20). The first-order chi connectivity index (χ1) is 9.79. The minimum Gasteiger partial charge on any atom is -0.478 e. The van der Waals surface area contributed by atoms with Crippen LogP contribution in [0.3, 0.4) is 0 Å². The summed E-state index contributed by atoms with van der Waals surface area (Å²) >= 11 is 0. The predicted molar refractivity (Wildman–Crippen MR) is 78.6 cm³/mol. The van der Waals surface area contributed by atoms with Crippen LogP contribution in [0.1, 0.15) is 23.0 Å². The third-order valence-electron chi connectivity index (χ3n) is 3.35. The van der Waals surface area contributed by atoms with Crippen molar-refractivity contribution in [3.63, 3.8) is 0 Å². The number of hydrogen-bond donors (Lipinski definition) is 2. The van der Waals surface area contributed by atoms with Gasteiger partial charge >= 0.3 is 5.97 Å². The van der Waals surface area contributed by atoms with Gasteiger partial charge in [-0.1, -0.05) is 37.3 Å². The maximum atomic E-state index is 11.9. The molecule has 21 heavy (non-hydrogen) atoms. The molecule has 3 N–H and O–H groups in total. The largest absolute Gasteiger partial charge is 0.478 e. The summed E-state index contributed by atoms with van der Waals surface area (Å²) in [5.74, 6) is -1.30. The first kappa shape index (κ1) is 15.3. The van der Waals surface area contributed by atoms with Crippen LogP contribution >= 0.6 is 0 Å². The second-order valence-corrected chi connectivity index (χ2v) is 6.13. The lowest BCUT2D eigenvalue weighted by Gasteiger charge is -2.07. The maximum Gasteiger partial charge on any atom is 0.338 e. The Balaban J connectivity index is 2.98. The van der Waals surface area contributed by atoms with Gasteiger partial charge in [0.25, 0.3) is 0 Å². The Morgan fingerprint density at radius 3 is 2.29 bits per heavy atom. The van der Waals surface area contributed by atoms with E-state index in [0.717, 1.165) is 0 Å². The Morgan fingerprint density at radius 2 is 1.86 bits per heavy atom. The van der Waals surface area contributed by atoms with Crippen molar-refractivity contribution in [2.45, 2.75) is 18.2 Å². The Bertz CT molecular complexity index is 792. The summed E-state index contributed by atoms with van der Waals surface area (Å²) in [6, 6.07) is 8.73. The third kappa shape index (κ3) is 2.57. The van der Waals surface area contributed by atoms with E-state index in [4.69, 9.17) is 5.14 Å². The Kier molecular flexibility index (Phi) is 3.89. The summed E-state index contributed by atoms with van der Waals surface area (Å²) < 4.78 is 25.5. The molecule has 6 nitrogen and oxygen atoms in total. The quantitative estimate of drug-likeness (QED) is 0.895. The average Bonchev–Trinajstić information content (AvgIpc) is 2.72. The molecule has 1 aromatic heterocycles. The van der Waals surface area contributed by atoms with Crippen molar-refractivity contribution in [2.24, 2.45) is 12.2 Å². The number of benzene rings is 1. The van der Waals surface area contributed by atoms with Crippen molar-refractivity contribution in [3.05, 3.63) is 41.6 Å². The molecular formula is C14H16N2O4S. The summed E-state index contributed by atoms with van der Waals surface area (Å²) in [4.78, 5) is 11.2. The van der Waals surface area contributed by atoms with Gasteiger partial charge in [0.2, 0.25) is 10.0 Å². The lowest BCUT2D eigenvalue weighted by Crippen LogP contribution is -2.16. The fourth-order valence-electron chi connectivity index (χ4n) is 2.54. The van der Waals surface area contributed by atoms with Crippen molar-refractivity contribution in [3.8, 4) is 11.3 Å². The molecule has 112 valence electrons. The van der Waals surface area contributed by atoms with Gasteiger partial charge in [-0.05, 0) is 12.0 Å². The summed E-state index contributed by atoms with van der Waals surface area (Å²) in [5.41, 5.74) is 1.07. The fraction of sp³-hybridized carbons (Fsp3) is 0.214. The number of aromatic carboxylic acids is 1. The van der Waals surface area contributed by atoms with Crippen LogP contribution in [0.2, 0.25) is 0 Å². The number of carbonyl (C=O) groups is 1. The number of nitrogens with zero attached hydrogens (tertiary/aromatic N) is 1. The molecular weight excluding hydrogens is 292 g/mol. The van der Waals surface area contributed by atoms with Crippen LogP contribution in [0.4, 0.5) is 0 Å². The Morgan fingerprint density at radius 1 is 1.29 bits per heavy atom. The zero-order chi connectivity index (χ0) is 15.8. The van der Waals surface area contributed by atoms with Gasteiger partial charge in [0, 0.05) is 12.7 Å². The Labute approximate surface area is 122 Å². The van der Waals surface area contributed by atoms with Crippen molar-refractivity contribution in [1.29, 1.82) is 0 Å². The molecule has 0 saturated carbocycles. The molecule has 0 radical (unpaired) electrons. The Hall–Kier alpha value is -2.12. The molecule has 0 spiro atoms. The smallest absolute Gasteiger partial charge is 0.338 e. The van der Waals surface area contributed by atoms with Crippen LogP contribution in [0.5, 0.6) is 0 Å². The first-order valence-electron chi connectivity index (χ1n) is 6.32. The van der Waals surface area contributed by atoms with Crippen LogP contribution in [-0.4, -0.2) is 24.1 Å². The lowest BCUT2D eigenvalue weighted by molar-refractivity contribution is 0.0691. The number of carboxylic acid groups (broad SMARTS) is 1. The van der Waals surface area contributed by atoms with E-state index in [-0.39, 0.29) is 10.5 Å². The molecule has 0 amide bonds. The van der Waals surface area contributed by atoms with Gasteiger partial charge in [-0.15, -0.1) is 0 Å². The van der Waals surface area contributed by atoms with Crippen LogP contribution in [0, 0.1) is 0 Å². The zero-order valence-electron chi connectivity index (χ0n) is 11.7. The molecule has 0 aliphatic rings. The molecule has 0 aliphatic carbocycles. The molecule has 0 aliphatic heterocycles. The summed E-state index contributed by atoms with van der Waals surface area (Å²) in [7, 11) is -2.53. The van der Waals surface area contributed by atoms with Gasteiger partial charge in [-0.3, -0.25) is 0 Å². The van der Waals surface area contributed by atoms with E-state index < -0.39 is 16.0 Å². The highest BCUT2D eigenvalue weighted by molar-refractivity contribution is 7.89. The molecule has 1 aromatic carbocycles. The highest BCUT2D eigenvalue weighted by Crippen LogP contribution is 2.34. The molecule has 0 saturated heterocycles. The van der Waals surface area contributed by atoms with Crippen LogP contribution in [0.15, 0.2) is 35.2 Å². The van der Waals surface area contributed by atoms with E-state index >= 15 is 0 Å². The van der Waals surface area contributed by atoms with E-state index in [1.54, 1.807) is 48.9 Å². The molecule has 0 bridgehead atoms. The van der Waals surface area contributed by atoms with E-state index in [1.807, 2.05) is 0 Å². The van der Waals surface area contributed by atoms with Crippen molar-refractivity contribution < 1.29 is 18.3 Å². The number of hydrogen-bond acceptors (Lipinski definition) is 3. The molecule has 2 rings (SSSR count). The number of primary sulfonamides is 1. The van der Waals surface area contributed by atoms with Gasteiger partial charge in [-0.2, -0.15) is 0 Å². The normalized spacial score (nSPS) is 11.6. The van der Waals surface area contributed by atoms with Gasteiger partial charge in [-0.25, -0.2) is 18.4 Å². The molecule has 0 unspecified atom stereocenters. The number of carboxylic acids is 1. The number of aromatic nitrogens is 1. The van der Waals surface area contributed by atoms with Crippen LogP contribution < -0.4 is 5.14 Å². The molecule has 0 atom stereocenters. The minimum absolute atomic E-state index is 0.249. The van der Waals surface area contributed by atoms with Gasteiger partial charge < -0.3 is 9.67 Å². The average molecular weight is 308 g/mol. The number of nitrogens with two attached hydrogens (primary N) is 1. The lowest BCUT2D eigenvalue weighted by atomic mass is 10.1. The molecule has 2 aromatic rings. The zero-order valence-corrected chi connectivity index (χ0v) is 12.5. The van der Waals surface area contributed by atoms with Gasteiger partial charge in [0.05, 0.1) is 5.69 Å². The highest BCUT2D eigenvalue weighted by Gasteiger charge is 2.31. The summed E-state index contributed by atoms with van der Waals surface area (Å²) in [6.07, 6.45) is 0.382. The SMILES string of the molecule is CCc1c(C(=O)O)c(S(N)(=O)=O)c(-c2ccccc2)n1C. The second-order valence-electron chi connectivity index (χ2n) is 4.63. The summed E-state index contributed by atoms with van der Waals surface area (Å²) in [6.45, 7) is 1.77. The van der Waals surface area contributed by atoms with Crippen molar-refractivity contribution in [1.82, 2.24) is 4.57 Å². The van der Waals surface area contributed by atoms with Gasteiger partial charge in [0.15, 0.2) is 0 Å². The van der Waals surface area contributed by atoms with Crippen LogP contribution in [0.25, 0.3) is 11.3 Å². The fourth-order valence-corrected chi connectivity index (χ4v) is 3.55. The topological polar surface area (TPSA) is 102 Å². The monoisotopic (exact) mass is 308 g/mol. The van der Waals surface area contributed by atoms with E-state index in [0.29, 0.717) is 23.4 Å². The van der Waals surface area contributed by atoms with E-state index in [1.165, 1.54) is 0 Å². The number of rotatable bonds is 4. The molecule has 0 fully saturated rings. The molecule has 7 heteroatoms. The van der Waals surface area contributed by atoms with Gasteiger partial charge in [0.1, 0.15) is 10.5 Å². The number of sulfonamides is 1. The molecule has 1 heterocycles.